The Morgan fingerprint density at radius 3 is 2.46 bits per heavy atom. The van der Waals surface area contributed by atoms with Crippen LogP contribution in [0.1, 0.15) is 35.6 Å². The second-order valence-electron chi connectivity index (χ2n) is 7.97. The van der Waals surface area contributed by atoms with Gasteiger partial charge in [-0.15, -0.1) is 11.6 Å². The first kappa shape index (κ1) is 27.7. The summed E-state index contributed by atoms with van der Waals surface area (Å²) in [6.45, 7) is 1.82. The molecule has 0 spiro atoms. The van der Waals surface area contributed by atoms with Gasteiger partial charge < -0.3 is 9.30 Å². The summed E-state index contributed by atoms with van der Waals surface area (Å²) in [4.78, 5) is 29.0. The molecule has 0 radical (unpaired) electrons. The van der Waals surface area contributed by atoms with E-state index in [-0.39, 0.29) is 24.3 Å². The first-order valence-corrected chi connectivity index (χ1v) is 11.5. The number of nitrogens with one attached hydrogen (secondary N) is 2. The molecule has 3 aromatic rings. The van der Waals surface area contributed by atoms with Crippen LogP contribution >= 0.6 is 11.6 Å². The molecule has 12 heteroatoms. The molecule has 0 bridgehead atoms. The van der Waals surface area contributed by atoms with E-state index in [0.29, 0.717) is 29.1 Å². The number of ether oxygens (including phenoxy) is 1. The Labute approximate surface area is 215 Å². The predicted molar refractivity (Wildman–Crippen MR) is 129 cm³/mol. The summed E-state index contributed by atoms with van der Waals surface area (Å²) >= 11 is 5.66. The average Bonchev–Trinajstić information content (AvgIpc) is 3.31. The fraction of sp³-hybridized carbons (Fsp3) is 0.240. The fourth-order valence-electron chi connectivity index (χ4n) is 3.53. The van der Waals surface area contributed by atoms with Crippen molar-refractivity contribution in [1.29, 1.82) is 0 Å². The van der Waals surface area contributed by atoms with E-state index in [0.717, 1.165) is 11.8 Å². The molecule has 196 valence electrons. The zero-order valence-corrected chi connectivity index (χ0v) is 20.6. The molecule has 3 rings (SSSR count). The number of nitrogens with zero attached hydrogens (tertiary/aromatic N) is 2. The first-order valence-electron chi connectivity index (χ1n) is 11.0. The number of rotatable bonds is 9. The van der Waals surface area contributed by atoms with Gasteiger partial charge in [0.25, 0.3) is 5.91 Å². The van der Waals surface area contributed by atoms with Crippen LogP contribution in [0.4, 0.5) is 17.6 Å². The molecule has 1 atom stereocenters. The van der Waals surface area contributed by atoms with Crippen LogP contribution in [-0.4, -0.2) is 34.4 Å². The number of hydrogen-bond donors (Lipinski definition) is 2. The quantitative estimate of drug-likeness (QED) is 0.134. The van der Waals surface area contributed by atoms with Gasteiger partial charge in [0.2, 0.25) is 5.91 Å². The first-order chi connectivity index (χ1) is 17.6. The zero-order chi connectivity index (χ0) is 27.1. The molecule has 0 aliphatic rings. The minimum absolute atomic E-state index is 0.0383. The summed E-state index contributed by atoms with van der Waals surface area (Å²) in [5.41, 5.74) is 5.52. The molecule has 0 fully saturated rings. The number of carbonyl (C=O) groups excluding carboxylic acids is 2. The van der Waals surface area contributed by atoms with Gasteiger partial charge in [0.1, 0.15) is 5.75 Å². The Kier molecular flexibility index (Phi) is 9.29. The highest BCUT2D eigenvalue weighted by Gasteiger charge is 2.24. The zero-order valence-electron chi connectivity index (χ0n) is 19.8. The van der Waals surface area contributed by atoms with Crippen LogP contribution in [0, 0.1) is 24.4 Å². The van der Waals surface area contributed by atoms with Crippen molar-refractivity contribution in [2.45, 2.75) is 25.7 Å². The van der Waals surface area contributed by atoms with Crippen LogP contribution in [0.2, 0.25) is 0 Å². The second-order valence-corrected chi connectivity index (χ2v) is 8.35. The van der Waals surface area contributed by atoms with Crippen LogP contribution < -0.4 is 15.6 Å². The molecular formula is C25H23ClF4N4O3. The van der Waals surface area contributed by atoms with E-state index in [4.69, 9.17) is 16.3 Å². The standard InChI is InChI=1S/C25H23ClF4N4O3/c1-14-12-34(13-31-14)21-6-5-15(9-22(21)37-2)8-20(29)25(36)33-32-24(35)17(4-3-7-26)16-10-18(27)23(30)19(28)11-16/h5-6,8-13,17H,3-4,7H2,1-2H3,(H,32,35)(H,33,36). The van der Waals surface area contributed by atoms with Crippen LogP contribution in [0.5, 0.6) is 5.75 Å². The number of hydrogen-bond acceptors (Lipinski definition) is 4. The number of aromatic nitrogens is 2. The number of carbonyl (C=O) groups is 2. The van der Waals surface area contributed by atoms with Gasteiger partial charge >= 0.3 is 0 Å². The molecule has 7 nitrogen and oxygen atoms in total. The molecular weight excluding hydrogens is 516 g/mol. The number of benzene rings is 2. The highest BCUT2D eigenvalue weighted by Crippen LogP contribution is 2.27. The number of aryl methyl sites for hydroxylation is 1. The third kappa shape index (κ3) is 6.88. The van der Waals surface area contributed by atoms with E-state index in [1.54, 1.807) is 29.2 Å². The second kappa shape index (κ2) is 12.4. The minimum Gasteiger partial charge on any atom is -0.495 e. The maximum Gasteiger partial charge on any atom is 0.298 e. The Morgan fingerprint density at radius 2 is 1.86 bits per heavy atom. The van der Waals surface area contributed by atoms with Gasteiger partial charge in [0.05, 0.1) is 30.7 Å². The Hall–Kier alpha value is -3.86. The average molecular weight is 539 g/mol. The number of amides is 2. The van der Waals surface area contributed by atoms with Crippen LogP contribution in [0.15, 0.2) is 48.7 Å². The molecule has 0 saturated carbocycles. The van der Waals surface area contributed by atoms with E-state index in [1.807, 2.05) is 17.8 Å². The summed E-state index contributed by atoms with van der Waals surface area (Å²) in [6.07, 6.45) is 4.62. The molecule has 37 heavy (non-hydrogen) atoms. The number of imidazole rings is 1. The van der Waals surface area contributed by atoms with Crippen LogP contribution in [0.25, 0.3) is 11.8 Å². The van der Waals surface area contributed by atoms with Crippen molar-refractivity contribution in [1.82, 2.24) is 20.4 Å². The van der Waals surface area contributed by atoms with Gasteiger partial charge in [-0.2, -0.15) is 0 Å². The third-order valence-electron chi connectivity index (χ3n) is 5.35. The van der Waals surface area contributed by atoms with Gasteiger partial charge in [0.15, 0.2) is 23.3 Å². The number of methoxy groups -OCH3 is 1. The van der Waals surface area contributed by atoms with Crippen molar-refractivity contribution in [3.05, 3.63) is 83.0 Å². The molecule has 0 aliphatic heterocycles. The van der Waals surface area contributed by atoms with E-state index < -0.39 is 41.0 Å². The molecule has 2 amide bonds. The van der Waals surface area contributed by atoms with Gasteiger partial charge in [-0.3, -0.25) is 20.4 Å². The molecule has 1 unspecified atom stereocenters. The maximum atomic E-state index is 14.6. The highest BCUT2D eigenvalue weighted by atomic mass is 35.5. The van der Waals surface area contributed by atoms with E-state index in [2.05, 4.69) is 4.98 Å². The topological polar surface area (TPSA) is 85.3 Å². The van der Waals surface area contributed by atoms with Crippen molar-refractivity contribution in [3.8, 4) is 11.4 Å². The Balaban J connectivity index is 1.72. The number of alkyl halides is 1. The fourth-order valence-corrected chi connectivity index (χ4v) is 3.69. The summed E-state index contributed by atoms with van der Waals surface area (Å²) < 4.78 is 62.3. The van der Waals surface area contributed by atoms with Crippen molar-refractivity contribution < 1.29 is 31.9 Å². The van der Waals surface area contributed by atoms with Gasteiger partial charge in [-0.1, -0.05) is 6.07 Å². The Morgan fingerprint density at radius 1 is 1.16 bits per heavy atom. The summed E-state index contributed by atoms with van der Waals surface area (Å²) in [6, 6.07) is 6.08. The lowest BCUT2D eigenvalue weighted by Crippen LogP contribution is -2.44. The van der Waals surface area contributed by atoms with Gasteiger partial charge in [-0.25, -0.2) is 22.5 Å². The van der Waals surface area contributed by atoms with E-state index in [9.17, 15) is 27.2 Å². The Bertz CT molecular complexity index is 1310. The van der Waals surface area contributed by atoms with Crippen molar-refractivity contribution in [2.24, 2.45) is 0 Å². The summed E-state index contributed by atoms with van der Waals surface area (Å²) in [5, 5.41) is 0. The normalized spacial score (nSPS) is 12.2. The highest BCUT2D eigenvalue weighted by molar-refractivity contribution is 6.17. The summed E-state index contributed by atoms with van der Waals surface area (Å²) in [7, 11) is 1.44. The molecule has 0 aliphatic carbocycles. The largest absolute Gasteiger partial charge is 0.495 e. The lowest BCUT2D eigenvalue weighted by molar-refractivity contribution is -0.128. The monoisotopic (exact) mass is 538 g/mol. The van der Waals surface area contributed by atoms with Crippen LogP contribution in [0.3, 0.4) is 0 Å². The molecule has 1 aromatic heterocycles. The maximum absolute atomic E-state index is 14.6. The van der Waals surface area contributed by atoms with Crippen LogP contribution in [-0.2, 0) is 9.59 Å². The van der Waals surface area contributed by atoms with Crippen molar-refractivity contribution in [3.63, 3.8) is 0 Å². The number of halogens is 5. The molecule has 0 saturated heterocycles. The van der Waals surface area contributed by atoms with Gasteiger partial charge in [0, 0.05) is 12.1 Å². The molecule has 2 aromatic carbocycles. The number of hydrazine groups is 1. The SMILES string of the molecule is COc1cc(C=C(F)C(=O)NNC(=O)C(CCCCl)c2cc(F)c(F)c(F)c2)ccc1-n1cnc(C)c1. The lowest BCUT2D eigenvalue weighted by atomic mass is 9.93. The van der Waals surface area contributed by atoms with Gasteiger partial charge in [-0.05, 0) is 61.2 Å². The minimum atomic E-state index is -1.68. The lowest BCUT2D eigenvalue weighted by Gasteiger charge is -2.17. The molecule has 2 N–H and O–H groups in total. The van der Waals surface area contributed by atoms with E-state index in [1.165, 1.54) is 13.2 Å². The van der Waals surface area contributed by atoms with Crippen molar-refractivity contribution in [2.75, 3.05) is 13.0 Å². The molecule has 1 heterocycles. The predicted octanol–water partition coefficient (Wildman–Crippen LogP) is 4.87. The summed E-state index contributed by atoms with van der Waals surface area (Å²) in [5.74, 6) is -8.65. The van der Waals surface area contributed by atoms with Crippen molar-refractivity contribution >= 4 is 29.5 Å². The van der Waals surface area contributed by atoms with E-state index >= 15 is 0 Å². The third-order valence-corrected chi connectivity index (χ3v) is 5.62. The smallest absolute Gasteiger partial charge is 0.298 e.